The Labute approximate surface area is 115 Å². The Hall–Kier alpha value is -2.96. The fourth-order valence-corrected chi connectivity index (χ4v) is 1.63. The number of hydrogen-bond acceptors (Lipinski definition) is 3. The Balaban J connectivity index is 2.43. The summed E-state index contributed by atoms with van der Waals surface area (Å²) < 4.78 is 0. The smallest absolute Gasteiger partial charge is 0.266 e. The molecule has 102 valence electrons. The minimum absolute atomic E-state index is 0.212. The van der Waals surface area contributed by atoms with Crippen LogP contribution in [0.15, 0.2) is 47.8 Å². The number of nitrogens with one attached hydrogen (secondary N) is 1. The molecule has 2 amide bonds. The first-order valence-corrected chi connectivity index (χ1v) is 5.82. The Bertz CT molecular complexity index is 634. The standard InChI is InChI=1S/C13H13N5O2/c1-9(19)17-13(14)18(11-7-15-8-16-11)12(20)10-5-3-2-4-6-10/h2-8H,1H3,(H,15,16)(H2,14,17,19). The zero-order chi connectivity index (χ0) is 14.5. The number of carbonyl (C=O) groups excluding carboxylic acids is 2. The Morgan fingerprint density at radius 1 is 1.30 bits per heavy atom. The number of rotatable bonds is 2. The first-order chi connectivity index (χ1) is 9.59. The fraction of sp³-hybridized carbons (Fsp3) is 0.0769. The molecule has 0 fully saturated rings. The summed E-state index contributed by atoms with van der Waals surface area (Å²) in [6.07, 6.45) is 2.82. The van der Waals surface area contributed by atoms with Crippen LogP contribution in [0.2, 0.25) is 0 Å². The fourth-order valence-electron chi connectivity index (χ4n) is 1.63. The third kappa shape index (κ3) is 2.89. The van der Waals surface area contributed by atoms with Gasteiger partial charge >= 0.3 is 0 Å². The van der Waals surface area contributed by atoms with Gasteiger partial charge in [0.05, 0.1) is 12.5 Å². The van der Waals surface area contributed by atoms with Crippen LogP contribution in [-0.4, -0.2) is 27.7 Å². The molecule has 0 saturated carbocycles. The van der Waals surface area contributed by atoms with Crippen LogP contribution in [-0.2, 0) is 4.79 Å². The van der Waals surface area contributed by atoms with Gasteiger partial charge in [0.15, 0.2) is 0 Å². The highest BCUT2D eigenvalue weighted by Gasteiger charge is 2.22. The van der Waals surface area contributed by atoms with Crippen LogP contribution < -0.4 is 10.6 Å². The van der Waals surface area contributed by atoms with Crippen molar-refractivity contribution in [2.24, 2.45) is 10.7 Å². The number of carbonyl (C=O) groups is 2. The second-order valence-corrected chi connectivity index (χ2v) is 3.93. The van der Waals surface area contributed by atoms with Crippen molar-refractivity contribution in [2.45, 2.75) is 6.92 Å². The topological polar surface area (TPSA) is 104 Å². The number of aromatic nitrogens is 2. The first-order valence-electron chi connectivity index (χ1n) is 5.82. The average molecular weight is 271 g/mol. The van der Waals surface area contributed by atoms with E-state index in [4.69, 9.17) is 5.73 Å². The summed E-state index contributed by atoms with van der Waals surface area (Å²) in [5.74, 6) is -0.776. The third-order valence-corrected chi connectivity index (χ3v) is 2.45. The van der Waals surface area contributed by atoms with Crippen molar-refractivity contribution in [1.29, 1.82) is 0 Å². The third-order valence-electron chi connectivity index (χ3n) is 2.45. The predicted molar refractivity (Wildman–Crippen MR) is 74.1 cm³/mol. The lowest BCUT2D eigenvalue weighted by Crippen LogP contribution is -2.43. The summed E-state index contributed by atoms with van der Waals surface area (Å²) in [6, 6.07) is 8.55. The van der Waals surface area contributed by atoms with Crippen LogP contribution in [0.3, 0.4) is 0 Å². The molecule has 0 aliphatic heterocycles. The molecule has 3 N–H and O–H groups in total. The molecule has 20 heavy (non-hydrogen) atoms. The normalized spacial score (nSPS) is 11.2. The summed E-state index contributed by atoms with van der Waals surface area (Å²) in [4.78, 5) is 34.8. The van der Waals surface area contributed by atoms with Crippen LogP contribution >= 0.6 is 0 Å². The van der Waals surface area contributed by atoms with Crippen molar-refractivity contribution in [3.8, 4) is 0 Å². The van der Waals surface area contributed by atoms with Crippen LogP contribution in [0, 0.1) is 0 Å². The molecule has 7 nitrogen and oxygen atoms in total. The number of benzene rings is 1. The second-order valence-electron chi connectivity index (χ2n) is 3.93. The van der Waals surface area contributed by atoms with E-state index in [1.54, 1.807) is 30.3 Å². The van der Waals surface area contributed by atoms with Crippen molar-refractivity contribution in [1.82, 2.24) is 9.97 Å². The molecule has 0 bridgehead atoms. The summed E-state index contributed by atoms with van der Waals surface area (Å²) >= 11 is 0. The maximum absolute atomic E-state index is 12.5. The van der Waals surface area contributed by atoms with Crippen molar-refractivity contribution in [3.63, 3.8) is 0 Å². The van der Waals surface area contributed by atoms with Crippen molar-refractivity contribution >= 4 is 23.6 Å². The molecule has 7 heteroatoms. The lowest BCUT2D eigenvalue weighted by atomic mass is 10.2. The predicted octanol–water partition coefficient (Wildman–Crippen LogP) is 0.918. The second kappa shape index (κ2) is 5.79. The number of hydrogen-bond donors (Lipinski definition) is 2. The number of nitrogens with two attached hydrogens (primary N) is 1. The highest BCUT2D eigenvalue weighted by molar-refractivity contribution is 6.22. The Kier molecular flexibility index (Phi) is 3.90. The number of guanidine groups is 1. The van der Waals surface area contributed by atoms with Crippen LogP contribution in [0.4, 0.5) is 5.82 Å². The molecular formula is C13H13N5O2. The Morgan fingerprint density at radius 3 is 2.55 bits per heavy atom. The largest absolute Gasteiger partial charge is 0.369 e. The maximum atomic E-state index is 12.5. The van der Waals surface area contributed by atoms with E-state index in [-0.39, 0.29) is 5.96 Å². The van der Waals surface area contributed by atoms with Crippen molar-refractivity contribution in [3.05, 3.63) is 48.4 Å². The highest BCUT2D eigenvalue weighted by Crippen LogP contribution is 2.13. The molecule has 0 atom stereocenters. The molecule has 0 aliphatic rings. The van der Waals surface area contributed by atoms with Gasteiger partial charge in [-0.1, -0.05) is 18.2 Å². The van der Waals surface area contributed by atoms with E-state index in [0.29, 0.717) is 11.4 Å². The van der Waals surface area contributed by atoms with Crippen molar-refractivity contribution < 1.29 is 9.59 Å². The SMILES string of the molecule is CC(=O)N=C(N)N(C(=O)c1ccccc1)c1cnc[nH]1. The van der Waals surface area contributed by atoms with Gasteiger partial charge in [-0.25, -0.2) is 9.88 Å². The van der Waals surface area contributed by atoms with Gasteiger partial charge in [-0.3, -0.25) is 9.59 Å². The van der Waals surface area contributed by atoms with E-state index < -0.39 is 11.8 Å². The van der Waals surface area contributed by atoms with Gasteiger partial charge in [-0.15, -0.1) is 0 Å². The van der Waals surface area contributed by atoms with Gasteiger partial charge in [0.25, 0.3) is 5.91 Å². The number of aromatic amines is 1. The van der Waals surface area contributed by atoms with Gasteiger partial charge in [0, 0.05) is 12.5 Å². The maximum Gasteiger partial charge on any atom is 0.266 e. The molecule has 0 saturated heterocycles. The van der Waals surface area contributed by atoms with Crippen molar-refractivity contribution in [2.75, 3.05) is 4.90 Å². The minimum atomic E-state index is -0.493. The number of nitrogens with zero attached hydrogens (tertiary/aromatic N) is 3. The lowest BCUT2D eigenvalue weighted by Gasteiger charge is -2.19. The van der Waals surface area contributed by atoms with E-state index >= 15 is 0 Å². The molecule has 1 aromatic carbocycles. The molecule has 0 aliphatic carbocycles. The van der Waals surface area contributed by atoms with Crippen LogP contribution in [0.25, 0.3) is 0 Å². The van der Waals surface area contributed by atoms with E-state index in [1.165, 1.54) is 19.4 Å². The summed E-state index contributed by atoms with van der Waals surface area (Å²) in [7, 11) is 0. The van der Waals surface area contributed by atoms with E-state index in [1.807, 2.05) is 0 Å². The molecule has 1 heterocycles. The summed E-state index contributed by atoms with van der Waals surface area (Å²) in [5, 5.41) is 0. The van der Waals surface area contributed by atoms with Gasteiger partial charge in [-0.2, -0.15) is 4.99 Å². The Morgan fingerprint density at radius 2 is 2.00 bits per heavy atom. The zero-order valence-corrected chi connectivity index (χ0v) is 10.8. The first kappa shape index (κ1) is 13.5. The number of anilines is 1. The molecule has 0 spiro atoms. The highest BCUT2D eigenvalue weighted by atomic mass is 16.2. The van der Waals surface area contributed by atoms with Gasteiger partial charge in [0.1, 0.15) is 5.82 Å². The molecular weight excluding hydrogens is 258 g/mol. The van der Waals surface area contributed by atoms with Gasteiger partial charge in [-0.05, 0) is 12.1 Å². The zero-order valence-electron chi connectivity index (χ0n) is 10.8. The van der Waals surface area contributed by atoms with E-state index in [0.717, 1.165) is 4.90 Å². The number of imidazole rings is 1. The molecule has 2 rings (SSSR count). The lowest BCUT2D eigenvalue weighted by molar-refractivity contribution is -0.115. The van der Waals surface area contributed by atoms with Crippen LogP contribution in [0.5, 0.6) is 0 Å². The molecule has 2 aromatic rings. The van der Waals surface area contributed by atoms with Crippen LogP contribution in [0.1, 0.15) is 17.3 Å². The minimum Gasteiger partial charge on any atom is -0.369 e. The van der Waals surface area contributed by atoms with Gasteiger partial charge in [0.2, 0.25) is 11.9 Å². The summed E-state index contributed by atoms with van der Waals surface area (Å²) in [5.41, 5.74) is 6.16. The van der Waals surface area contributed by atoms with Gasteiger partial charge < -0.3 is 10.7 Å². The summed E-state index contributed by atoms with van der Waals surface area (Å²) in [6.45, 7) is 1.25. The average Bonchev–Trinajstić information content (AvgIpc) is 2.93. The number of aliphatic imine (C=N–C) groups is 1. The molecule has 0 radical (unpaired) electrons. The quantitative estimate of drug-likeness (QED) is 0.625. The molecule has 0 unspecified atom stereocenters. The number of amides is 2. The number of H-pyrrole nitrogens is 1. The van der Waals surface area contributed by atoms with E-state index in [2.05, 4.69) is 15.0 Å². The van der Waals surface area contributed by atoms with E-state index in [9.17, 15) is 9.59 Å². The molecule has 1 aromatic heterocycles. The monoisotopic (exact) mass is 271 g/mol.